The van der Waals surface area contributed by atoms with Crippen LogP contribution in [0.3, 0.4) is 0 Å². The van der Waals surface area contributed by atoms with Crippen molar-refractivity contribution in [3.05, 3.63) is 28.0 Å². The first-order valence-corrected chi connectivity index (χ1v) is 7.24. The van der Waals surface area contributed by atoms with Crippen molar-refractivity contribution in [3.8, 4) is 6.07 Å². The molecule has 1 aromatic carbocycles. The van der Waals surface area contributed by atoms with Gasteiger partial charge in [0.15, 0.2) is 5.82 Å². The summed E-state index contributed by atoms with van der Waals surface area (Å²) in [4.78, 5) is 2.08. The van der Waals surface area contributed by atoms with Gasteiger partial charge in [-0.3, -0.25) is 0 Å². The number of benzene rings is 1. The van der Waals surface area contributed by atoms with E-state index in [0.29, 0.717) is 17.2 Å². The standard InChI is InChI=1S/C14H17BrFN3/c1-18-8-10-3-2-6-19(9-10)12-5-4-11(7-17)13(15)14(12)16/h4-5,10,18H,2-3,6,8-9H2,1H3. The van der Waals surface area contributed by atoms with Gasteiger partial charge in [-0.1, -0.05) is 0 Å². The fourth-order valence-electron chi connectivity index (χ4n) is 2.61. The topological polar surface area (TPSA) is 39.1 Å². The van der Waals surface area contributed by atoms with Crippen LogP contribution in [0.2, 0.25) is 0 Å². The maximum absolute atomic E-state index is 14.3. The molecule has 1 atom stereocenters. The maximum Gasteiger partial charge on any atom is 0.161 e. The minimum Gasteiger partial charge on any atom is -0.369 e. The average molecular weight is 326 g/mol. The van der Waals surface area contributed by atoms with Crippen molar-refractivity contribution in [1.82, 2.24) is 5.32 Å². The second kappa shape index (κ2) is 6.36. The van der Waals surface area contributed by atoms with Crippen LogP contribution in [-0.4, -0.2) is 26.7 Å². The van der Waals surface area contributed by atoms with Crippen LogP contribution in [0.15, 0.2) is 16.6 Å². The molecule has 3 nitrogen and oxygen atoms in total. The molecule has 0 aliphatic carbocycles. The molecule has 1 heterocycles. The van der Waals surface area contributed by atoms with Gasteiger partial charge in [0.05, 0.1) is 15.7 Å². The average Bonchev–Trinajstić information content (AvgIpc) is 2.42. The summed E-state index contributed by atoms with van der Waals surface area (Å²) in [6, 6.07) is 5.36. The van der Waals surface area contributed by atoms with Crippen LogP contribution >= 0.6 is 15.9 Å². The van der Waals surface area contributed by atoms with Crippen LogP contribution in [0.5, 0.6) is 0 Å². The number of rotatable bonds is 3. The molecule has 1 unspecified atom stereocenters. The van der Waals surface area contributed by atoms with E-state index in [9.17, 15) is 4.39 Å². The van der Waals surface area contributed by atoms with E-state index >= 15 is 0 Å². The summed E-state index contributed by atoms with van der Waals surface area (Å²) in [7, 11) is 1.94. The number of hydrogen-bond donors (Lipinski definition) is 1. The van der Waals surface area contributed by atoms with E-state index in [2.05, 4.69) is 26.1 Å². The highest BCUT2D eigenvalue weighted by Crippen LogP contribution is 2.31. The molecule has 0 saturated carbocycles. The summed E-state index contributed by atoms with van der Waals surface area (Å²) >= 11 is 3.17. The lowest BCUT2D eigenvalue weighted by Crippen LogP contribution is -2.39. The Morgan fingerprint density at radius 1 is 1.58 bits per heavy atom. The van der Waals surface area contributed by atoms with Gasteiger partial charge in [0.25, 0.3) is 0 Å². The summed E-state index contributed by atoms with van der Waals surface area (Å²) in [6.45, 7) is 2.68. The molecule has 0 spiro atoms. The smallest absolute Gasteiger partial charge is 0.161 e. The number of halogens is 2. The van der Waals surface area contributed by atoms with Gasteiger partial charge in [0.1, 0.15) is 6.07 Å². The molecule has 1 aromatic rings. The Morgan fingerprint density at radius 2 is 2.37 bits per heavy atom. The van der Waals surface area contributed by atoms with E-state index in [-0.39, 0.29) is 10.3 Å². The molecule has 0 bridgehead atoms. The zero-order valence-corrected chi connectivity index (χ0v) is 12.5. The Morgan fingerprint density at radius 3 is 3.05 bits per heavy atom. The Hall–Kier alpha value is -1.12. The van der Waals surface area contributed by atoms with Crippen molar-refractivity contribution >= 4 is 21.6 Å². The number of hydrogen-bond acceptors (Lipinski definition) is 3. The van der Waals surface area contributed by atoms with E-state index in [0.717, 1.165) is 26.1 Å². The minimum atomic E-state index is -0.329. The van der Waals surface area contributed by atoms with Gasteiger partial charge in [0, 0.05) is 13.1 Å². The largest absolute Gasteiger partial charge is 0.369 e. The van der Waals surface area contributed by atoms with Gasteiger partial charge >= 0.3 is 0 Å². The molecule has 2 rings (SSSR count). The molecule has 102 valence electrons. The predicted octanol–water partition coefficient (Wildman–Crippen LogP) is 2.90. The monoisotopic (exact) mass is 325 g/mol. The third kappa shape index (κ3) is 3.07. The van der Waals surface area contributed by atoms with E-state index in [1.54, 1.807) is 12.1 Å². The first kappa shape index (κ1) is 14.3. The van der Waals surface area contributed by atoms with E-state index in [4.69, 9.17) is 5.26 Å². The van der Waals surface area contributed by atoms with Crippen molar-refractivity contribution in [3.63, 3.8) is 0 Å². The number of nitrogens with zero attached hydrogens (tertiary/aromatic N) is 2. The summed E-state index contributed by atoms with van der Waals surface area (Å²) in [5.41, 5.74) is 0.928. The predicted molar refractivity (Wildman–Crippen MR) is 77.7 cm³/mol. The minimum absolute atomic E-state index is 0.267. The highest BCUT2D eigenvalue weighted by Gasteiger charge is 2.23. The maximum atomic E-state index is 14.3. The van der Waals surface area contributed by atoms with E-state index in [1.807, 2.05) is 13.1 Å². The van der Waals surface area contributed by atoms with Crippen LogP contribution in [0.1, 0.15) is 18.4 Å². The second-order valence-corrected chi connectivity index (χ2v) is 5.68. The SMILES string of the molecule is CNCC1CCCN(c2ccc(C#N)c(Br)c2F)C1. The molecule has 0 aromatic heterocycles. The van der Waals surface area contributed by atoms with Crippen LogP contribution in [0, 0.1) is 23.1 Å². The van der Waals surface area contributed by atoms with Gasteiger partial charge in [-0.25, -0.2) is 4.39 Å². The van der Waals surface area contributed by atoms with Crippen molar-refractivity contribution in [2.75, 3.05) is 31.6 Å². The van der Waals surface area contributed by atoms with Crippen molar-refractivity contribution in [2.45, 2.75) is 12.8 Å². The Balaban J connectivity index is 2.22. The van der Waals surface area contributed by atoms with Crippen LogP contribution in [-0.2, 0) is 0 Å². The molecule has 1 fully saturated rings. The van der Waals surface area contributed by atoms with Crippen LogP contribution in [0.4, 0.5) is 10.1 Å². The van der Waals surface area contributed by atoms with Crippen molar-refractivity contribution < 1.29 is 4.39 Å². The van der Waals surface area contributed by atoms with Crippen LogP contribution < -0.4 is 10.2 Å². The number of nitrogens with one attached hydrogen (secondary N) is 1. The molecule has 1 aliphatic rings. The molecular formula is C14H17BrFN3. The Bertz CT molecular complexity index is 496. The highest BCUT2D eigenvalue weighted by molar-refractivity contribution is 9.10. The van der Waals surface area contributed by atoms with Gasteiger partial charge in [-0.05, 0) is 60.4 Å². The summed E-state index contributed by atoms with van der Waals surface area (Å²) in [5, 5.41) is 12.1. The molecule has 1 N–H and O–H groups in total. The Kier molecular flexibility index (Phi) is 4.78. The first-order chi connectivity index (χ1) is 9.17. The molecular weight excluding hydrogens is 309 g/mol. The van der Waals surface area contributed by atoms with Gasteiger partial charge < -0.3 is 10.2 Å². The van der Waals surface area contributed by atoms with E-state index in [1.165, 1.54) is 6.42 Å². The molecule has 0 amide bonds. The second-order valence-electron chi connectivity index (χ2n) is 4.88. The van der Waals surface area contributed by atoms with Crippen molar-refractivity contribution in [2.24, 2.45) is 5.92 Å². The Labute approximate surface area is 121 Å². The number of anilines is 1. The zero-order chi connectivity index (χ0) is 13.8. The number of piperidine rings is 1. The third-order valence-corrected chi connectivity index (χ3v) is 4.31. The first-order valence-electron chi connectivity index (χ1n) is 6.45. The van der Waals surface area contributed by atoms with Crippen molar-refractivity contribution in [1.29, 1.82) is 5.26 Å². The molecule has 1 aliphatic heterocycles. The normalized spacial score (nSPS) is 19.3. The van der Waals surface area contributed by atoms with Gasteiger partial charge in [-0.2, -0.15) is 5.26 Å². The summed E-state index contributed by atoms with van der Waals surface area (Å²) in [5.74, 6) is 0.219. The lowest BCUT2D eigenvalue weighted by Gasteiger charge is -2.34. The summed E-state index contributed by atoms with van der Waals surface area (Å²) < 4.78 is 14.6. The highest BCUT2D eigenvalue weighted by atomic mass is 79.9. The molecule has 19 heavy (non-hydrogen) atoms. The molecule has 5 heteroatoms. The quantitative estimate of drug-likeness (QED) is 0.928. The van der Waals surface area contributed by atoms with Gasteiger partial charge in [0.2, 0.25) is 0 Å². The lowest BCUT2D eigenvalue weighted by atomic mass is 9.97. The lowest BCUT2D eigenvalue weighted by molar-refractivity contribution is 0.400. The number of nitriles is 1. The van der Waals surface area contributed by atoms with E-state index < -0.39 is 0 Å². The fraction of sp³-hybridized carbons (Fsp3) is 0.500. The third-order valence-electron chi connectivity index (χ3n) is 3.53. The summed E-state index contributed by atoms with van der Waals surface area (Å²) in [6.07, 6.45) is 2.25. The fourth-order valence-corrected chi connectivity index (χ4v) is 3.03. The van der Waals surface area contributed by atoms with Crippen LogP contribution in [0.25, 0.3) is 0 Å². The molecule has 1 saturated heterocycles. The van der Waals surface area contributed by atoms with Gasteiger partial charge in [-0.15, -0.1) is 0 Å². The zero-order valence-electron chi connectivity index (χ0n) is 10.9. The molecule has 0 radical (unpaired) electrons.